The lowest BCUT2D eigenvalue weighted by Crippen LogP contribution is -2.14. The number of rotatable bonds is 12. The van der Waals surface area contributed by atoms with Gasteiger partial charge >= 0.3 is 0 Å². The first-order valence-corrected chi connectivity index (χ1v) is 12.7. The Morgan fingerprint density at radius 2 is 1.51 bits per heavy atom. The molecule has 1 heterocycles. The number of carbonyl (C=O) groups excluding carboxylic acids is 1. The van der Waals surface area contributed by atoms with Crippen LogP contribution < -0.4 is 24.3 Å². The molecule has 8 nitrogen and oxygen atoms in total. The number of carbonyl (C=O) groups is 1. The third-order valence-electron chi connectivity index (χ3n) is 5.18. The van der Waals surface area contributed by atoms with Crippen molar-refractivity contribution in [3.8, 4) is 23.0 Å². The lowest BCUT2D eigenvalue weighted by Gasteiger charge is -2.13. The zero-order chi connectivity index (χ0) is 26.0. The van der Waals surface area contributed by atoms with Gasteiger partial charge in [-0.05, 0) is 86.1 Å². The van der Waals surface area contributed by atoms with E-state index in [2.05, 4.69) is 26.3 Å². The summed E-state index contributed by atoms with van der Waals surface area (Å²) in [4.78, 5) is 12.6. The summed E-state index contributed by atoms with van der Waals surface area (Å²) in [5.74, 6) is 2.50. The average molecular weight is 566 g/mol. The SMILES string of the molecule is CCOc1ccc(COc2ccc(NC(=O)c3ccn(COc4ccc(Br)cc4)n3)cc2)cc1OCC. The molecule has 0 atom stereocenters. The quantitative estimate of drug-likeness (QED) is 0.216. The minimum atomic E-state index is -0.311. The molecule has 0 aliphatic heterocycles. The number of benzene rings is 3. The van der Waals surface area contributed by atoms with Crippen molar-refractivity contribution >= 4 is 27.5 Å². The molecule has 0 fully saturated rings. The van der Waals surface area contributed by atoms with Crippen molar-refractivity contribution in [1.82, 2.24) is 9.78 Å². The van der Waals surface area contributed by atoms with Crippen LogP contribution in [0.3, 0.4) is 0 Å². The first kappa shape index (κ1) is 26.1. The number of nitrogens with zero attached hydrogens (tertiary/aromatic N) is 2. The number of hydrogen-bond acceptors (Lipinski definition) is 6. The van der Waals surface area contributed by atoms with Gasteiger partial charge < -0.3 is 24.3 Å². The number of nitrogens with one attached hydrogen (secondary N) is 1. The van der Waals surface area contributed by atoms with Crippen molar-refractivity contribution in [1.29, 1.82) is 0 Å². The third kappa shape index (κ3) is 7.50. The lowest BCUT2D eigenvalue weighted by molar-refractivity contribution is 0.102. The summed E-state index contributed by atoms with van der Waals surface area (Å²) in [6.45, 7) is 5.57. The van der Waals surface area contributed by atoms with E-state index in [1.54, 1.807) is 41.2 Å². The Balaban J connectivity index is 1.28. The fraction of sp³-hybridized carbons (Fsp3) is 0.214. The van der Waals surface area contributed by atoms with Gasteiger partial charge in [-0.15, -0.1) is 0 Å². The molecule has 3 aromatic carbocycles. The van der Waals surface area contributed by atoms with Gasteiger partial charge in [0.15, 0.2) is 23.9 Å². The smallest absolute Gasteiger partial charge is 0.276 e. The number of anilines is 1. The highest BCUT2D eigenvalue weighted by Gasteiger charge is 2.11. The standard InChI is InChI=1S/C28H28BrN3O5/c1-3-34-26-14-5-20(17-27(26)35-4-2)18-36-23-12-8-22(9-13-23)30-28(33)25-15-16-32(31-25)19-37-24-10-6-21(29)7-11-24/h5-17H,3-4,18-19H2,1-2H3,(H,30,33). The summed E-state index contributed by atoms with van der Waals surface area (Å²) in [7, 11) is 0. The molecule has 192 valence electrons. The van der Waals surface area contributed by atoms with Crippen molar-refractivity contribution in [3.63, 3.8) is 0 Å². The molecule has 37 heavy (non-hydrogen) atoms. The fourth-order valence-electron chi connectivity index (χ4n) is 3.41. The van der Waals surface area contributed by atoms with Crippen LogP contribution in [0.5, 0.6) is 23.0 Å². The Hall–Kier alpha value is -3.98. The second kappa shape index (κ2) is 12.8. The van der Waals surface area contributed by atoms with Crippen molar-refractivity contribution in [2.24, 2.45) is 0 Å². The summed E-state index contributed by atoms with van der Waals surface area (Å²) in [5, 5.41) is 7.13. The summed E-state index contributed by atoms with van der Waals surface area (Å²) in [5.41, 5.74) is 1.89. The summed E-state index contributed by atoms with van der Waals surface area (Å²) >= 11 is 3.39. The molecule has 0 unspecified atom stereocenters. The number of amides is 1. The normalized spacial score (nSPS) is 10.6. The number of ether oxygens (including phenoxy) is 4. The Bertz CT molecular complexity index is 1310. The highest BCUT2D eigenvalue weighted by atomic mass is 79.9. The van der Waals surface area contributed by atoms with Crippen LogP contribution in [0.25, 0.3) is 0 Å². The lowest BCUT2D eigenvalue weighted by atomic mass is 10.2. The molecule has 0 aliphatic rings. The fourth-order valence-corrected chi connectivity index (χ4v) is 3.67. The Labute approximate surface area is 224 Å². The van der Waals surface area contributed by atoms with E-state index in [4.69, 9.17) is 18.9 Å². The monoisotopic (exact) mass is 565 g/mol. The first-order chi connectivity index (χ1) is 18.0. The van der Waals surface area contributed by atoms with Gasteiger partial charge in [0.2, 0.25) is 0 Å². The van der Waals surface area contributed by atoms with E-state index in [9.17, 15) is 4.79 Å². The maximum atomic E-state index is 12.6. The van der Waals surface area contributed by atoms with Crippen molar-refractivity contribution in [2.45, 2.75) is 27.2 Å². The van der Waals surface area contributed by atoms with Crippen LogP contribution in [0.2, 0.25) is 0 Å². The van der Waals surface area contributed by atoms with Crippen molar-refractivity contribution in [2.75, 3.05) is 18.5 Å². The number of halogens is 1. The summed E-state index contributed by atoms with van der Waals surface area (Å²) in [6.07, 6.45) is 1.70. The third-order valence-corrected chi connectivity index (χ3v) is 5.70. The predicted octanol–water partition coefficient (Wildman–Crippen LogP) is 6.31. The van der Waals surface area contributed by atoms with Crippen LogP contribution in [0.4, 0.5) is 5.69 Å². The molecule has 0 bridgehead atoms. The molecular weight excluding hydrogens is 538 g/mol. The molecule has 0 saturated carbocycles. The zero-order valence-corrected chi connectivity index (χ0v) is 22.2. The maximum Gasteiger partial charge on any atom is 0.276 e. The molecule has 1 aromatic heterocycles. The van der Waals surface area contributed by atoms with Gasteiger partial charge in [-0.1, -0.05) is 22.0 Å². The van der Waals surface area contributed by atoms with Gasteiger partial charge in [0, 0.05) is 16.4 Å². The highest BCUT2D eigenvalue weighted by molar-refractivity contribution is 9.10. The largest absolute Gasteiger partial charge is 0.490 e. The molecule has 0 radical (unpaired) electrons. The van der Waals surface area contributed by atoms with Gasteiger partial charge in [0.1, 0.15) is 18.1 Å². The van der Waals surface area contributed by atoms with E-state index < -0.39 is 0 Å². The minimum absolute atomic E-state index is 0.196. The average Bonchev–Trinajstić information content (AvgIpc) is 3.39. The number of aromatic nitrogens is 2. The van der Waals surface area contributed by atoms with E-state index in [1.807, 2.05) is 56.3 Å². The molecule has 0 saturated heterocycles. The Morgan fingerprint density at radius 3 is 2.24 bits per heavy atom. The van der Waals surface area contributed by atoms with Crippen LogP contribution in [0.1, 0.15) is 29.9 Å². The molecule has 1 N–H and O–H groups in total. The predicted molar refractivity (Wildman–Crippen MR) is 145 cm³/mol. The van der Waals surface area contributed by atoms with E-state index in [-0.39, 0.29) is 12.6 Å². The van der Waals surface area contributed by atoms with E-state index in [0.29, 0.717) is 48.5 Å². The molecule has 9 heteroatoms. The molecular formula is C28H28BrN3O5. The first-order valence-electron chi connectivity index (χ1n) is 11.9. The van der Waals surface area contributed by atoms with Crippen LogP contribution in [0.15, 0.2) is 83.5 Å². The molecule has 0 aliphatic carbocycles. The van der Waals surface area contributed by atoms with Gasteiger partial charge in [-0.2, -0.15) is 5.10 Å². The molecule has 1 amide bonds. The van der Waals surface area contributed by atoms with Crippen LogP contribution in [-0.2, 0) is 13.3 Å². The van der Waals surface area contributed by atoms with Gasteiger partial charge in [-0.25, -0.2) is 4.68 Å². The van der Waals surface area contributed by atoms with Gasteiger partial charge in [0.05, 0.1) is 13.2 Å². The zero-order valence-electron chi connectivity index (χ0n) is 20.6. The topological polar surface area (TPSA) is 83.8 Å². The van der Waals surface area contributed by atoms with E-state index in [1.165, 1.54) is 0 Å². The van der Waals surface area contributed by atoms with E-state index in [0.717, 1.165) is 15.8 Å². The van der Waals surface area contributed by atoms with Crippen molar-refractivity contribution < 1.29 is 23.7 Å². The Kier molecular flexibility index (Phi) is 9.04. The maximum absolute atomic E-state index is 12.6. The van der Waals surface area contributed by atoms with Crippen LogP contribution >= 0.6 is 15.9 Å². The second-order valence-electron chi connectivity index (χ2n) is 7.88. The minimum Gasteiger partial charge on any atom is -0.490 e. The summed E-state index contributed by atoms with van der Waals surface area (Å²) < 4.78 is 25.4. The van der Waals surface area contributed by atoms with E-state index >= 15 is 0 Å². The molecule has 0 spiro atoms. The summed E-state index contributed by atoms with van der Waals surface area (Å²) in [6, 6.07) is 22.1. The Morgan fingerprint density at radius 1 is 0.838 bits per heavy atom. The van der Waals surface area contributed by atoms with Crippen molar-refractivity contribution in [3.05, 3.63) is 94.7 Å². The second-order valence-corrected chi connectivity index (χ2v) is 8.80. The van der Waals surface area contributed by atoms with Crippen LogP contribution in [0, 0.1) is 0 Å². The number of hydrogen-bond donors (Lipinski definition) is 1. The van der Waals surface area contributed by atoms with Gasteiger partial charge in [0.25, 0.3) is 5.91 Å². The molecule has 4 rings (SSSR count). The van der Waals surface area contributed by atoms with Gasteiger partial charge in [-0.3, -0.25) is 4.79 Å². The highest BCUT2D eigenvalue weighted by Crippen LogP contribution is 2.29. The molecule has 4 aromatic rings. The van der Waals surface area contributed by atoms with Crippen LogP contribution in [-0.4, -0.2) is 28.9 Å².